The smallest absolute Gasteiger partial charge is 0.194 e. The number of hydrogen-bond acceptors (Lipinski definition) is 4. The van der Waals surface area contributed by atoms with E-state index in [1.54, 1.807) is 6.26 Å². The van der Waals surface area contributed by atoms with Gasteiger partial charge in [0.05, 0.1) is 18.8 Å². The molecule has 0 bridgehead atoms. The number of furan rings is 1. The van der Waals surface area contributed by atoms with Crippen molar-refractivity contribution in [2.45, 2.75) is 25.4 Å². The molecule has 4 rings (SSSR count). The molecule has 0 saturated carbocycles. The Labute approximate surface area is 147 Å². The fourth-order valence-electron chi connectivity index (χ4n) is 3.11. The fraction of sp³-hybridized carbons (Fsp3) is 0.353. The van der Waals surface area contributed by atoms with Crippen LogP contribution in [0.15, 0.2) is 52.1 Å². The van der Waals surface area contributed by atoms with Gasteiger partial charge in [0, 0.05) is 25.1 Å². The van der Waals surface area contributed by atoms with E-state index < -0.39 is 0 Å². The molecule has 2 aliphatic rings. The van der Waals surface area contributed by atoms with Gasteiger partial charge in [0.1, 0.15) is 5.76 Å². The number of nitrogens with one attached hydrogen (secondary N) is 1. The van der Waals surface area contributed by atoms with E-state index in [1.165, 1.54) is 11.1 Å². The van der Waals surface area contributed by atoms with Crippen molar-refractivity contribution >= 4 is 29.9 Å². The van der Waals surface area contributed by atoms with Crippen LogP contribution < -0.4 is 5.32 Å². The molecule has 0 spiro atoms. The third-order valence-electron chi connectivity index (χ3n) is 4.26. The highest BCUT2D eigenvalue weighted by atomic mass is 127. The molecule has 0 amide bonds. The number of fused-ring (bicyclic) bond motifs is 1. The highest BCUT2D eigenvalue weighted by molar-refractivity contribution is 14.0. The zero-order valence-electron chi connectivity index (χ0n) is 12.4. The predicted octanol–water partition coefficient (Wildman–Crippen LogP) is 3.35. The first kappa shape index (κ1) is 15.4. The van der Waals surface area contributed by atoms with Crippen LogP contribution in [0.4, 0.5) is 0 Å². The Balaban J connectivity index is 0.00000144. The van der Waals surface area contributed by atoms with E-state index in [1.807, 2.05) is 0 Å². The summed E-state index contributed by atoms with van der Waals surface area (Å²) in [5.74, 6) is 2.16. The average Bonchev–Trinajstić information content (AvgIpc) is 3.14. The van der Waals surface area contributed by atoms with Crippen molar-refractivity contribution in [3.63, 3.8) is 0 Å². The zero-order chi connectivity index (χ0) is 14.1. The summed E-state index contributed by atoms with van der Waals surface area (Å²) in [6, 6.07) is 12.9. The van der Waals surface area contributed by atoms with E-state index in [9.17, 15) is 0 Å². The Morgan fingerprint density at radius 2 is 2.05 bits per heavy atom. The van der Waals surface area contributed by atoms with E-state index in [0.717, 1.165) is 44.2 Å². The molecule has 2 aromatic rings. The van der Waals surface area contributed by atoms with Crippen molar-refractivity contribution in [2.24, 2.45) is 4.99 Å². The third kappa shape index (κ3) is 2.99. The zero-order valence-corrected chi connectivity index (χ0v) is 14.7. The Hall–Kier alpha value is -1.50. The number of benzene rings is 1. The molecule has 0 aliphatic carbocycles. The molecule has 1 N–H and O–H groups in total. The SMILES string of the molecule is I.c1ccc(C2CN=C(N3CCCc4occc4C3)N2)cc1. The first-order chi connectivity index (χ1) is 10.4. The maximum Gasteiger partial charge on any atom is 0.194 e. The molecule has 1 aromatic carbocycles. The Morgan fingerprint density at radius 1 is 1.18 bits per heavy atom. The lowest BCUT2D eigenvalue weighted by Gasteiger charge is -2.23. The summed E-state index contributed by atoms with van der Waals surface area (Å²) < 4.78 is 5.55. The van der Waals surface area contributed by atoms with Crippen LogP contribution in [-0.2, 0) is 13.0 Å². The first-order valence-corrected chi connectivity index (χ1v) is 7.56. The van der Waals surface area contributed by atoms with Crippen LogP contribution in [0.3, 0.4) is 0 Å². The van der Waals surface area contributed by atoms with Crippen LogP contribution in [0.5, 0.6) is 0 Å². The highest BCUT2D eigenvalue weighted by Gasteiger charge is 2.25. The van der Waals surface area contributed by atoms with Gasteiger partial charge in [-0.25, -0.2) is 0 Å². The summed E-state index contributed by atoms with van der Waals surface area (Å²) in [5.41, 5.74) is 2.59. The van der Waals surface area contributed by atoms with Crippen LogP contribution in [0.2, 0.25) is 0 Å². The summed E-state index contributed by atoms with van der Waals surface area (Å²) in [6.45, 7) is 2.73. The number of nitrogens with zero attached hydrogens (tertiary/aromatic N) is 2. The lowest BCUT2D eigenvalue weighted by molar-refractivity contribution is 0.402. The molecule has 1 unspecified atom stereocenters. The lowest BCUT2D eigenvalue weighted by Crippen LogP contribution is -2.39. The molecule has 0 saturated heterocycles. The maximum absolute atomic E-state index is 5.55. The van der Waals surface area contributed by atoms with Gasteiger partial charge in [-0.2, -0.15) is 0 Å². The standard InChI is InChI=1S/C17H19N3O.HI/c1-2-5-13(6-3-1)15-11-18-17(19-15)20-9-4-7-16-14(12-20)8-10-21-16;/h1-3,5-6,8,10,15H,4,7,9,11-12H2,(H,18,19);1H. The van der Waals surface area contributed by atoms with E-state index in [4.69, 9.17) is 9.41 Å². The Kier molecular flexibility index (Phi) is 4.71. The van der Waals surface area contributed by atoms with Gasteiger partial charge in [-0.1, -0.05) is 30.3 Å². The van der Waals surface area contributed by atoms with Crippen LogP contribution in [0.1, 0.15) is 29.3 Å². The normalized spacial score (nSPS) is 20.5. The van der Waals surface area contributed by atoms with E-state index in [-0.39, 0.29) is 24.0 Å². The summed E-state index contributed by atoms with van der Waals surface area (Å²) in [4.78, 5) is 7.05. The molecule has 3 heterocycles. The molecule has 4 nitrogen and oxygen atoms in total. The van der Waals surface area contributed by atoms with Crippen molar-refractivity contribution in [3.05, 3.63) is 59.5 Å². The van der Waals surface area contributed by atoms with Gasteiger partial charge in [-0.05, 0) is 18.1 Å². The minimum atomic E-state index is 0. The second-order valence-corrected chi connectivity index (χ2v) is 5.67. The Morgan fingerprint density at radius 3 is 2.91 bits per heavy atom. The summed E-state index contributed by atoms with van der Waals surface area (Å²) in [7, 11) is 0. The molecule has 1 atom stereocenters. The monoisotopic (exact) mass is 409 g/mol. The first-order valence-electron chi connectivity index (χ1n) is 7.56. The minimum Gasteiger partial charge on any atom is -0.469 e. The topological polar surface area (TPSA) is 40.8 Å². The number of rotatable bonds is 1. The number of aliphatic imine (C=N–C) groups is 1. The van der Waals surface area contributed by atoms with Crippen molar-refractivity contribution in [2.75, 3.05) is 13.1 Å². The molecule has 22 heavy (non-hydrogen) atoms. The second-order valence-electron chi connectivity index (χ2n) is 5.67. The van der Waals surface area contributed by atoms with E-state index in [2.05, 4.69) is 46.6 Å². The number of aryl methyl sites for hydroxylation is 1. The van der Waals surface area contributed by atoms with Gasteiger partial charge in [0.2, 0.25) is 0 Å². The van der Waals surface area contributed by atoms with Gasteiger partial charge in [-0.3, -0.25) is 4.99 Å². The van der Waals surface area contributed by atoms with Crippen LogP contribution in [0, 0.1) is 0 Å². The number of guanidine groups is 1. The van der Waals surface area contributed by atoms with E-state index >= 15 is 0 Å². The quantitative estimate of drug-likeness (QED) is 0.735. The second kappa shape index (κ2) is 6.73. The fourth-order valence-corrected chi connectivity index (χ4v) is 3.11. The highest BCUT2D eigenvalue weighted by Crippen LogP contribution is 2.23. The largest absolute Gasteiger partial charge is 0.469 e. The van der Waals surface area contributed by atoms with Gasteiger partial charge in [-0.15, -0.1) is 24.0 Å². The maximum atomic E-state index is 5.55. The molecule has 1 aromatic heterocycles. The third-order valence-corrected chi connectivity index (χ3v) is 4.26. The van der Waals surface area contributed by atoms with Crippen molar-refractivity contribution in [1.29, 1.82) is 0 Å². The van der Waals surface area contributed by atoms with Crippen molar-refractivity contribution in [1.82, 2.24) is 10.2 Å². The molecule has 116 valence electrons. The van der Waals surface area contributed by atoms with Gasteiger partial charge < -0.3 is 14.6 Å². The average molecular weight is 409 g/mol. The molecular weight excluding hydrogens is 389 g/mol. The number of halogens is 1. The van der Waals surface area contributed by atoms with Crippen molar-refractivity contribution in [3.8, 4) is 0 Å². The molecule has 0 fully saturated rings. The summed E-state index contributed by atoms with van der Waals surface area (Å²) in [6.07, 6.45) is 3.93. The van der Waals surface area contributed by atoms with Crippen LogP contribution in [-0.4, -0.2) is 23.9 Å². The lowest BCUT2D eigenvalue weighted by atomic mass is 10.1. The van der Waals surface area contributed by atoms with Gasteiger partial charge in [0.15, 0.2) is 5.96 Å². The molecule has 2 aliphatic heterocycles. The Bertz CT molecular complexity index is 653. The molecular formula is C17H20IN3O. The van der Waals surface area contributed by atoms with Crippen LogP contribution in [0.25, 0.3) is 0 Å². The van der Waals surface area contributed by atoms with E-state index in [0.29, 0.717) is 6.04 Å². The molecule has 0 radical (unpaired) electrons. The minimum absolute atomic E-state index is 0. The van der Waals surface area contributed by atoms with Crippen LogP contribution >= 0.6 is 24.0 Å². The summed E-state index contributed by atoms with van der Waals surface area (Å²) >= 11 is 0. The van der Waals surface area contributed by atoms with Crippen molar-refractivity contribution < 1.29 is 4.42 Å². The number of hydrogen-bond donors (Lipinski definition) is 1. The molecule has 5 heteroatoms. The van der Waals surface area contributed by atoms with Gasteiger partial charge in [0.25, 0.3) is 0 Å². The summed E-state index contributed by atoms with van der Waals surface area (Å²) in [5, 5.41) is 3.57. The predicted molar refractivity (Wildman–Crippen MR) is 97.5 cm³/mol. The van der Waals surface area contributed by atoms with Gasteiger partial charge >= 0.3 is 0 Å².